The van der Waals surface area contributed by atoms with Gasteiger partial charge in [-0.05, 0) is 19.9 Å². The number of likely N-dealkylation sites (N-methyl/N-ethyl adjacent to an activating group) is 1. The number of hydrogen-bond acceptors (Lipinski definition) is 3. The zero-order chi connectivity index (χ0) is 11.0. The maximum Gasteiger partial charge on any atom is 0.236 e. The SMILES string of the molecule is CCC(CC)N(CCO)C(=O)CNC. The smallest absolute Gasteiger partial charge is 0.236 e. The second kappa shape index (κ2) is 7.76. The van der Waals surface area contributed by atoms with Gasteiger partial charge in [0, 0.05) is 12.6 Å². The van der Waals surface area contributed by atoms with Crippen molar-refractivity contribution in [3.05, 3.63) is 0 Å². The second-order valence-corrected chi connectivity index (χ2v) is 3.31. The zero-order valence-electron chi connectivity index (χ0n) is 9.42. The van der Waals surface area contributed by atoms with Gasteiger partial charge in [-0.25, -0.2) is 0 Å². The lowest BCUT2D eigenvalue weighted by Gasteiger charge is -2.30. The quantitative estimate of drug-likeness (QED) is 0.621. The number of aliphatic hydroxyl groups is 1. The summed E-state index contributed by atoms with van der Waals surface area (Å²) in [6.07, 6.45) is 1.87. The molecule has 0 aliphatic carbocycles. The molecule has 0 atom stereocenters. The molecule has 0 saturated heterocycles. The number of carbonyl (C=O) groups is 1. The van der Waals surface area contributed by atoms with Crippen LogP contribution in [0.1, 0.15) is 26.7 Å². The highest BCUT2D eigenvalue weighted by atomic mass is 16.3. The highest BCUT2D eigenvalue weighted by molar-refractivity contribution is 5.78. The summed E-state index contributed by atoms with van der Waals surface area (Å²) in [6, 6.07) is 0.253. The van der Waals surface area contributed by atoms with Crippen LogP contribution in [0.2, 0.25) is 0 Å². The predicted octanol–water partition coefficient (Wildman–Crippen LogP) is 0.215. The molecule has 0 radical (unpaired) electrons. The number of aliphatic hydroxyl groups excluding tert-OH is 1. The molecule has 0 saturated carbocycles. The van der Waals surface area contributed by atoms with Gasteiger partial charge in [-0.3, -0.25) is 4.79 Å². The van der Waals surface area contributed by atoms with Crippen LogP contribution in [0.5, 0.6) is 0 Å². The number of nitrogens with zero attached hydrogens (tertiary/aromatic N) is 1. The van der Waals surface area contributed by atoms with Crippen molar-refractivity contribution in [1.82, 2.24) is 10.2 Å². The fraction of sp³-hybridized carbons (Fsp3) is 0.900. The van der Waals surface area contributed by atoms with Crippen molar-refractivity contribution >= 4 is 5.91 Å². The molecule has 4 heteroatoms. The minimum atomic E-state index is 0.0337. The molecule has 0 bridgehead atoms. The lowest BCUT2D eigenvalue weighted by atomic mass is 10.1. The van der Waals surface area contributed by atoms with E-state index in [0.29, 0.717) is 13.1 Å². The van der Waals surface area contributed by atoms with Crippen LogP contribution in [-0.4, -0.2) is 48.7 Å². The van der Waals surface area contributed by atoms with E-state index >= 15 is 0 Å². The molecule has 0 unspecified atom stereocenters. The van der Waals surface area contributed by atoms with Gasteiger partial charge in [-0.2, -0.15) is 0 Å². The third-order valence-corrected chi connectivity index (χ3v) is 2.37. The Morgan fingerprint density at radius 1 is 1.43 bits per heavy atom. The monoisotopic (exact) mass is 202 g/mol. The van der Waals surface area contributed by atoms with Gasteiger partial charge >= 0.3 is 0 Å². The van der Waals surface area contributed by atoms with E-state index in [1.165, 1.54) is 0 Å². The molecule has 4 nitrogen and oxygen atoms in total. The van der Waals surface area contributed by atoms with Gasteiger partial charge in [0.1, 0.15) is 0 Å². The Hall–Kier alpha value is -0.610. The summed E-state index contributed by atoms with van der Waals surface area (Å²) in [4.78, 5) is 13.4. The van der Waals surface area contributed by atoms with Crippen LogP contribution in [0.25, 0.3) is 0 Å². The first-order chi connectivity index (χ1) is 6.71. The molecule has 0 aliphatic rings. The van der Waals surface area contributed by atoms with Crippen LogP contribution < -0.4 is 5.32 Å². The highest BCUT2D eigenvalue weighted by Crippen LogP contribution is 2.08. The van der Waals surface area contributed by atoms with E-state index in [9.17, 15) is 4.79 Å². The molecule has 0 heterocycles. The molecular formula is C10H22N2O2. The number of amides is 1. The third kappa shape index (κ3) is 4.07. The second-order valence-electron chi connectivity index (χ2n) is 3.31. The Kier molecular flexibility index (Phi) is 7.42. The molecule has 0 fully saturated rings. The molecule has 0 aliphatic heterocycles. The number of carbonyl (C=O) groups excluding carboxylic acids is 1. The summed E-state index contributed by atoms with van der Waals surface area (Å²) in [6.45, 7) is 4.94. The fourth-order valence-electron chi connectivity index (χ4n) is 1.60. The van der Waals surface area contributed by atoms with Gasteiger partial charge in [0.15, 0.2) is 0 Å². The van der Waals surface area contributed by atoms with E-state index in [0.717, 1.165) is 12.8 Å². The highest BCUT2D eigenvalue weighted by Gasteiger charge is 2.19. The van der Waals surface area contributed by atoms with Crippen LogP contribution in [0.3, 0.4) is 0 Å². The summed E-state index contributed by atoms with van der Waals surface area (Å²) >= 11 is 0. The van der Waals surface area contributed by atoms with Crippen molar-refractivity contribution in [2.45, 2.75) is 32.7 Å². The van der Waals surface area contributed by atoms with Gasteiger partial charge in [-0.1, -0.05) is 13.8 Å². The van der Waals surface area contributed by atoms with Crippen molar-refractivity contribution in [3.8, 4) is 0 Å². The molecule has 0 aromatic rings. The molecule has 0 rings (SSSR count). The van der Waals surface area contributed by atoms with Gasteiger partial charge < -0.3 is 15.3 Å². The number of nitrogens with one attached hydrogen (secondary N) is 1. The van der Waals surface area contributed by atoms with Gasteiger partial charge in [0.2, 0.25) is 5.91 Å². The molecular weight excluding hydrogens is 180 g/mol. The van der Waals surface area contributed by atoms with Crippen LogP contribution in [0, 0.1) is 0 Å². The molecule has 14 heavy (non-hydrogen) atoms. The van der Waals surface area contributed by atoms with Crippen LogP contribution in [0.15, 0.2) is 0 Å². The minimum absolute atomic E-state index is 0.0337. The standard InChI is InChI=1S/C10H22N2O2/c1-4-9(5-2)12(6-7-13)10(14)8-11-3/h9,11,13H,4-8H2,1-3H3. The largest absolute Gasteiger partial charge is 0.395 e. The van der Waals surface area contributed by atoms with E-state index in [2.05, 4.69) is 19.2 Å². The van der Waals surface area contributed by atoms with Crippen LogP contribution >= 0.6 is 0 Å². The van der Waals surface area contributed by atoms with Crippen molar-refractivity contribution in [1.29, 1.82) is 0 Å². The third-order valence-electron chi connectivity index (χ3n) is 2.37. The van der Waals surface area contributed by atoms with Crippen molar-refractivity contribution in [2.24, 2.45) is 0 Å². The molecule has 84 valence electrons. The topological polar surface area (TPSA) is 52.6 Å². The number of hydrogen-bond donors (Lipinski definition) is 2. The lowest BCUT2D eigenvalue weighted by Crippen LogP contribution is -2.45. The van der Waals surface area contributed by atoms with Crippen molar-refractivity contribution in [2.75, 3.05) is 26.7 Å². The Morgan fingerprint density at radius 2 is 2.00 bits per heavy atom. The predicted molar refractivity (Wildman–Crippen MR) is 57.1 cm³/mol. The first kappa shape index (κ1) is 13.4. The molecule has 1 amide bonds. The van der Waals surface area contributed by atoms with E-state index in [-0.39, 0.29) is 18.6 Å². The first-order valence-electron chi connectivity index (χ1n) is 5.26. The van der Waals surface area contributed by atoms with Crippen LogP contribution in [0.4, 0.5) is 0 Å². The average Bonchev–Trinajstić information content (AvgIpc) is 2.18. The number of rotatable bonds is 7. The zero-order valence-corrected chi connectivity index (χ0v) is 9.42. The first-order valence-corrected chi connectivity index (χ1v) is 5.26. The average molecular weight is 202 g/mol. The summed E-state index contributed by atoms with van der Waals surface area (Å²) in [5, 5.41) is 11.7. The summed E-state index contributed by atoms with van der Waals surface area (Å²) in [7, 11) is 1.75. The Labute approximate surface area is 86.3 Å². The van der Waals surface area contributed by atoms with Crippen LogP contribution in [-0.2, 0) is 4.79 Å². The molecule has 0 aromatic heterocycles. The minimum Gasteiger partial charge on any atom is -0.395 e. The summed E-state index contributed by atoms with van der Waals surface area (Å²) < 4.78 is 0. The molecule has 0 spiro atoms. The van der Waals surface area contributed by atoms with Gasteiger partial charge in [-0.15, -0.1) is 0 Å². The fourth-order valence-corrected chi connectivity index (χ4v) is 1.60. The van der Waals surface area contributed by atoms with E-state index < -0.39 is 0 Å². The van der Waals surface area contributed by atoms with Crippen molar-refractivity contribution in [3.63, 3.8) is 0 Å². The summed E-state index contributed by atoms with van der Waals surface area (Å²) in [5.74, 6) is 0.0650. The molecule has 0 aromatic carbocycles. The van der Waals surface area contributed by atoms with E-state index in [4.69, 9.17) is 5.11 Å². The lowest BCUT2D eigenvalue weighted by molar-refractivity contribution is -0.133. The van der Waals surface area contributed by atoms with Gasteiger partial charge in [0.05, 0.1) is 13.2 Å². The van der Waals surface area contributed by atoms with Gasteiger partial charge in [0.25, 0.3) is 0 Å². The van der Waals surface area contributed by atoms with E-state index in [1.54, 1.807) is 11.9 Å². The maximum atomic E-state index is 11.6. The maximum absolute atomic E-state index is 11.6. The Morgan fingerprint density at radius 3 is 2.36 bits per heavy atom. The molecule has 2 N–H and O–H groups in total. The normalized spacial score (nSPS) is 10.6. The Balaban J connectivity index is 4.31. The summed E-state index contributed by atoms with van der Waals surface area (Å²) in [5.41, 5.74) is 0. The van der Waals surface area contributed by atoms with E-state index in [1.807, 2.05) is 0 Å². The Bertz CT molecular complexity index is 158. The van der Waals surface area contributed by atoms with Crippen molar-refractivity contribution < 1.29 is 9.90 Å².